The van der Waals surface area contributed by atoms with Gasteiger partial charge in [0.05, 0.1) is 13.2 Å². The Morgan fingerprint density at radius 2 is 2.17 bits per heavy atom. The molecule has 1 aromatic carbocycles. The summed E-state index contributed by atoms with van der Waals surface area (Å²) in [7, 11) is 1.63. The van der Waals surface area contributed by atoms with Crippen LogP contribution in [0.2, 0.25) is 0 Å². The molecule has 1 aliphatic heterocycles. The first-order valence-corrected chi connectivity index (χ1v) is 6.05. The Hall–Kier alpha value is -1.75. The van der Waals surface area contributed by atoms with E-state index in [1.165, 1.54) is 0 Å². The first kappa shape index (κ1) is 12.7. The van der Waals surface area contributed by atoms with Crippen molar-refractivity contribution in [3.63, 3.8) is 0 Å². The number of rotatable bonds is 3. The maximum Gasteiger partial charge on any atom is 0.404 e. The van der Waals surface area contributed by atoms with Crippen molar-refractivity contribution < 1.29 is 14.6 Å². The molecule has 1 heterocycles. The first-order chi connectivity index (χ1) is 8.70. The first-order valence-electron chi connectivity index (χ1n) is 6.05. The highest BCUT2D eigenvalue weighted by atomic mass is 16.5. The van der Waals surface area contributed by atoms with Crippen LogP contribution < -0.4 is 15.4 Å². The Morgan fingerprint density at radius 3 is 2.78 bits per heavy atom. The summed E-state index contributed by atoms with van der Waals surface area (Å²) >= 11 is 0. The molecule has 0 spiro atoms. The second kappa shape index (κ2) is 5.73. The van der Waals surface area contributed by atoms with Gasteiger partial charge in [-0.2, -0.15) is 0 Å². The van der Waals surface area contributed by atoms with Gasteiger partial charge in [-0.25, -0.2) is 4.79 Å². The van der Waals surface area contributed by atoms with Crippen LogP contribution in [0.15, 0.2) is 24.3 Å². The van der Waals surface area contributed by atoms with Crippen LogP contribution in [0.1, 0.15) is 17.9 Å². The molecule has 1 aromatic rings. The molecule has 2 atom stereocenters. The zero-order chi connectivity index (χ0) is 13.0. The highest BCUT2D eigenvalue weighted by molar-refractivity contribution is 5.65. The van der Waals surface area contributed by atoms with E-state index in [1.807, 2.05) is 24.3 Å². The van der Waals surface area contributed by atoms with Crippen LogP contribution >= 0.6 is 0 Å². The second-order valence-corrected chi connectivity index (χ2v) is 4.43. The lowest BCUT2D eigenvalue weighted by molar-refractivity contribution is 0.184. The van der Waals surface area contributed by atoms with Crippen molar-refractivity contribution in [2.24, 2.45) is 0 Å². The van der Waals surface area contributed by atoms with Gasteiger partial charge in [0.25, 0.3) is 0 Å². The van der Waals surface area contributed by atoms with Gasteiger partial charge >= 0.3 is 6.09 Å². The van der Waals surface area contributed by atoms with E-state index in [2.05, 4.69) is 10.6 Å². The molecule has 0 saturated carbocycles. The molecule has 2 unspecified atom stereocenters. The molecule has 1 amide bonds. The van der Waals surface area contributed by atoms with E-state index in [0.29, 0.717) is 6.54 Å². The molecule has 1 aliphatic rings. The van der Waals surface area contributed by atoms with E-state index in [1.54, 1.807) is 7.11 Å². The van der Waals surface area contributed by atoms with Gasteiger partial charge in [-0.05, 0) is 30.7 Å². The van der Waals surface area contributed by atoms with E-state index in [-0.39, 0.29) is 12.0 Å². The standard InChI is InChI=1S/C13H18N2O3/c1-18-10-4-2-9(3-5-10)11-6-7-14-8-12(11)15-13(16)17/h2-5,11-12,14-15H,6-8H2,1H3,(H,16,17). The van der Waals surface area contributed by atoms with Crippen molar-refractivity contribution >= 4 is 6.09 Å². The number of amides is 1. The molecule has 2 rings (SSSR count). The van der Waals surface area contributed by atoms with Crippen LogP contribution in [0.4, 0.5) is 4.79 Å². The molecule has 0 aromatic heterocycles. The highest BCUT2D eigenvalue weighted by Crippen LogP contribution is 2.27. The molecule has 5 heteroatoms. The number of ether oxygens (including phenoxy) is 1. The van der Waals surface area contributed by atoms with Gasteiger partial charge in [0.1, 0.15) is 5.75 Å². The van der Waals surface area contributed by atoms with E-state index < -0.39 is 6.09 Å². The summed E-state index contributed by atoms with van der Waals surface area (Å²) in [5.74, 6) is 1.03. The monoisotopic (exact) mass is 250 g/mol. The van der Waals surface area contributed by atoms with E-state index in [9.17, 15) is 4.79 Å². The minimum atomic E-state index is -0.970. The van der Waals surface area contributed by atoms with Crippen molar-refractivity contribution in [3.8, 4) is 5.75 Å². The molecular weight excluding hydrogens is 232 g/mol. The highest BCUT2D eigenvalue weighted by Gasteiger charge is 2.27. The summed E-state index contributed by atoms with van der Waals surface area (Å²) in [6.45, 7) is 1.58. The average Bonchev–Trinajstić information content (AvgIpc) is 2.39. The van der Waals surface area contributed by atoms with Gasteiger partial charge in [-0.15, -0.1) is 0 Å². The molecule has 0 radical (unpaired) electrons. The molecular formula is C13H18N2O3. The predicted molar refractivity (Wildman–Crippen MR) is 68.2 cm³/mol. The maximum absolute atomic E-state index is 10.8. The molecule has 0 bridgehead atoms. The molecule has 5 nitrogen and oxygen atoms in total. The quantitative estimate of drug-likeness (QED) is 0.758. The summed E-state index contributed by atoms with van der Waals surface area (Å²) in [6, 6.07) is 7.76. The van der Waals surface area contributed by atoms with Crippen molar-refractivity contribution in [2.75, 3.05) is 20.2 Å². The van der Waals surface area contributed by atoms with Crippen LogP contribution in [0.3, 0.4) is 0 Å². The third kappa shape index (κ3) is 2.92. The lowest BCUT2D eigenvalue weighted by Crippen LogP contribution is -2.49. The Bertz CT molecular complexity index is 405. The Balaban J connectivity index is 2.13. The number of methoxy groups -OCH3 is 1. The minimum Gasteiger partial charge on any atom is -0.497 e. The van der Waals surface area contributed by atoms with Crippen LogP contribution in [-0.2, 0) is 0 Å². The fourth-order valence-electron chi connectivity index (χ4n) is 2.42. The third-order valence-corrected chi connectivity index (χ3v) is 3.33. The largest absolute Gasteiger partial charge is 0.497 e. The Labute approximate surface area is 106 Å². The summed E-state index contributed by atoms with van der Waals surface area (Å²) < 4.78 is 5.13. The zero-order valence-electron chi connectivity index (χ0n) is 10.3. The van der Waals surface area contributed by atoms with Crippen LogP contribution in [0, 0.1) is 0 Å². The molecule has 3 N–H and O–H groups in total. The lowest BCUT2D eigenvalue weighted by Gasteiger charge is -2.32. The fraction of sp³-hybridized carbons (Fsp3) is 0.462. The Morgan fingerprint density at radius 1 is 1.44 bits per heavy atom. The number of hydrogen-bond acceptors (Lipinski definition) is 3. The van der Waals surface area contributed by atoms with Gasteiger partial charge in [0, 0.05) is 12.5 Å². The van der Waals surface area contributed by atoms with Crippen molar-refractivity contribution in [2.45, 2.75) is 18.4 Å². The van der Waals surface area contributed by atoms with Crippen LogP contribution in [0.25, 0.3) is 0 Å². The normalized spacial score (nSPS) is 23.4. The number of carboxylic acid groups (broad SMARTS) is 1. The second-order valence-electron chi connectivity index (χ2n) is 4.43. The summed E-state index contributed by atoms with van der Waals surface area (Å²) in [5, 5.41) is 14.6. The third-order valence-electron chi connectivity index (χ3n) is 3.33. The minimum absolute atomic E-state index is 0.0790. The van der Waals surface area contributed by atoms with Crippen LogP contribution in [-0.4, -0.2) is 37.4 Å². The molecule has 1 saturated heterocycles. The van der Waals surface area contributed by atoms with E-state index >= 15 is 0 Å². The van der Waals surface area contributed by atoms with Gasteiger partial charge in [0.2, 0.25) is 0 Å². The summed E-state index contributed by atoms with van der Waals surface area (Å²) in [5.41, 5.74) is 1.15. The molecule has 98 valence electrons. The number of piperidine rings is 1. The molecule has 1 fully saturated rings. The van der Waals surface area contributed by atoms with Gasteiger partial charge in [-0.3, -0.25) is 0 Å². The van der Waals surface area contributed by atoms with E-state index in [0.717, 1.165) is 24.3 Å². The van der Waals surface area contributed by atoms with Crippen molar-refractivity contribution in [3.05, 3.63) is 29.8 Å². The number of hydrogen-bond donors (Lipinski definition) is 3. The summed E-state index contributed by atoms with van der Waals surface area (Å²) in [6.07, 6.45) is -0.0423. The zero-order valence-corrected chi connectivity index (χ0v) is 10.3. The van der Waals surface area contributed by atoms with E-state index in [4.69, 9.17) is 9.84 Å². The average molecular weight is 250 g/mol. The van der Waals surface area contributed by atoms with Gasteiger partial charge < -0.3 is 20.5 Å². The van der Waals surface area contributed by atoms with Gasteiger partial charge in [-0.1, -0.05) is 12.1 Å². The van der Waals surface area contributed by atoms with Gasteiger partial charge in [0.15, 0.2) is 0 Å². The predicted octanol–water partition coefficient (Wildman–Crippen LogP) is 1.41. The maximum atomic E-state index is 10.8. The molecule has 18 heavy (non-hydrogen) atoms. The smallest absolute Gasteiger partial charge is 0.404 e. The SMILES string of the molecule is COc1ccc(C2CCNCC2NC(=O)O)cc1. The summed E-state index contributed by atoms with van der Waals surface area (Å²) in [4.78, 5) is 10.8. The number of benzene rings is 1. The topological polar surface area (TPSA) is 70.6 Å². The van der Waals surface area contributed by atoms with Crippen molar-refractivity contribution in [1.29, 1.82) is 0 Å². The number of carbonyl (C=O) groups is 1. The fourth-order valence-corrected chi connectivity index (χ4v) is 2.42. The van der Waals surface area contributed by atoms with Crippen LogP contribution in [0.5, 0.6) is 5.75 Å². The number of nitrogens with one attached hydrogen (secondary N) is 2. The lowest BCUT2D eigenvalue weighted by atomic mass is 9.86. The van der Waals surface area contributed by atoms with Crippen molar-refractivity contribution in [1.82, 2.24) is 10.6 Å². The molecule has 0 aliphatic carbocycles. The Kier molecular flexibility index (Phi) is 4.04.